The van der Waals surface area contributed by atoms with E-state index in [0.717, 1.165) is 17.2 Å². The zero-order chi connectivity index (χ0) is 11.7. The van der Waals surface area contributed by atoms with Crippen LogP contribution in [-0.4, -0.2) is 4.98 Å². The van der Waals surface area contributed by atoms with Crippen molar-refractivity contribution in [3.05, 3.63) is 53.7 Å². The maximum atomic E-state index is 8.73. The highest BCUT2D eigenvalue weighted by Gasteiger charge is 2.23. The van der Waals surface area contributed by atoms with Gasteiger partial charge in [0.15, 0.2) is 0 Å². The fourth-order valence-corrected chi connectivity index (χ4v) is 2.00. The van der Waals surface area contributed by atoms with Crippen molar-refractivity contribution in [2.45, 2.75) is 18.8 Å². The number of hydrogen-bond donors (Lipinski definition) is 0. The molecule has 1 aromatic heterocycles. The molecule has 0 saturated heterocycles. The SMILES string of the molecule is N#Cc1ccc(-c2cccc(C3CC3)c2)nc1. The van der Waals surface area contributed by atoms with E-state index in [0.29, 0.717) is 5.56 Å². The largest absolute Gasteiger partial charge is 0.255 e. The molecular weight excluding hydrogens is 208 g/mol. The van der Waals surface area contributed by atoms with E-state index in [1.54, 1.807) is 6.20 Å². The van der Waals surface area contributed by atoms with Crippen molar-refractivity contribution in [1.82, 2.24) is 4.98 Å². The summed E-state index contributed by atoms with van der Waals surface area (Å²) in [7, 11) is 0. The summed E-state index contributed by atoms with van der Waals surface area (Å²) in [5.41, 5.74) is 4.09. The van der Waals surface area contributed by atoms with Crippen LogP contribution in [0, 0.1) is 11.3 Å². The lowest BCUT2D eigenvalue weighted by Gasteiger charge is -2.03. The third kappa shape index (κ3) is 2.05. The number of rotatable bonds is 2. The van der Waals surface area contributed by atoms with E-state index in [-0.39, 0.29) is 0 Å². The van der Waals surface area contributed by atoms with Crippen molar-refractivity contribution in [2.75, 3.05) is 0 Å². The van der Waals surface area contributed by atoms with Crippen LogP contribution in [0.4, 0.5) is 0 Å². The first-order valence-electron chi connectivity index (χ1n) is 5.83. The van der Waals surface area contributed by atoms with Crippen LogP contribution in [0.1, 0.15) is 29.9 Å². The van der Waals surface area contributed by atoms with Gasteiger partial charge >= 0.3 is 0 Å². The van der Waals surface area contributed by atoms with Gasteiger partial charge in [-0.1, -0.05) is 18.2 Å². The van der Waals surface area contributed by atoms with E-state index in [2.05, 4.69) is 35.3 Å². The standard InChI is InChI=1S/C15H12N2/c16-9-11-4-7-15(17-10-11)14-3-1-2-13(8-14)12-5-6-12/h1-4,7-8,10,12H,5-6H2. The fourth-order valence-electron chi connectivity index (χ4n) is 2.00. The number of nitriles is 1. The molecule has 0 spiro atoms. The number of benzene rings is 1. The lowest BCUT2D eigenvalue weighted by atomic mass is 10.0. The van der Waals surface area contributed by atoms with Crippen molar-refractivity contribution < 1.29 is 0 Å². The van der Waals surface area contributed by atoms with Crippen LogP contribution in [0.2, 0.25) is 0 Å². The van der Waals surface area contributed by atoms with E-state index in [1.807, 2.05) is 12.1 Å². The van der Waals surface area contributed by atoms with Gasteiger partial charge in [-0.3, -0.25) is 4.98 Å². The maximum absolute atomic E-state index is 8.73. The Kier molecular flexibility index (Phi) is 2.38. The van der Waals surface area contributed by atoms with Crippen molar-refractivity contribution in [1.29, 1.82) is 5.26 Å². The molecule has 1 heterocycles. The van der Waals surface area contributed by atoms with Crippen molar-refractivity contribution in [3.63, 3.8) is 0 Å². The van der Waals surface area contributed by atoms with Crippen molar-refractivity contribution in [3.8, 4) is 17.3 Å². The van der Waals surface area contributed by atoms with Gasteiger partial charge in [-0.05, 0) is 42.5 Å². The van der Waals surface area contributed by atoms with Crippen LogP contribution in [0.15, 0.2) is 42.6 Å². The molecule has 82 valence electrons. The average molecular weight is 220 g/mol. The van der Waals surface area contributed by atoms with E-state index in [1.165, 1.54) is 18.4 Å². The zero-order valence-corrected chi connectivity index (χ0v) is 9.43. The predicted octanol–water partition coefficient (Wildman–Crippen LogP) is 3.50. The van der Waals surface area contributed by atoms with E-state index in [9.17, 15) is 0 Å². The molecule has 1 aromatic carbocycles. The van der Waals surface area contributed by atoms with Crippen LogP contribution in [0.3, 0.4) is 0 Å². The monoisotopic (exact) mass is 220 g/mol. The second-order valence-electron chi connectivity index (χ2n) is 4.44. The summed E-state index contributed by atoms with van der Waals surface area (Å²) in [6.07, 6.45) is 4.24. The quantitative estimate of drug-likeness (QED) is 0.776. The van der Waals surface area contributed by atoms with Crippen LogP contribution in [0.5, 0.6) is 0 Å². The van der Waals surface area contributed by atoms with Gasteiger partial charge in [0, 0.05) is 11.8 Å². The van der Waals surface area contributed by atoms with Crippen LogP contribution in [-0.2, 0) is 0 Å². The molecule has 2 nitrogen and oxygen atoms in total. The molecule has 0 radical (unpaired) electrons. The first-order chi connectivity index (χ1) is 8.36. The van der Waals surface area contributed by atoms with E-state index >= 15 is 0 Å². The highest BCUT2D eigenvalue weighted by Crippen LogP contribution is 2.40. The molecule has 0 bridgehead atoms. The zero-order valence-electron chi connectivity index (χ0n) is 9.43. The van der Waals surface area contributed by atoms with Gasteiger partial charge in [-0.25, -0.2) is 0 Å². The number of aromatic nitrogens is 1. The van der Waals surface area contributed by atoms with Crippen LogP contribution < -0.4 is 0 Å². The van der Waals surface area contributed by atoms with E-state index < -0.39 is 0 Å². The van der Waals surface area contributed by atoms with Gasteiger partial charge in [0.05, 0.1) is 11.3 Å². The minimum absolute atomic E-state index is 0.604. The number of pyridine rings is 1. The van der Waals surface area contributed by atoms with Gasteiger partial charge < -0.3 is 0 Å². The second kappa shape index (κ2) is 4.03. The van der Waals surface area contributed by atoms with Gasteiger partial charge in [0.2, 0.25) is 0 Å². The Morgan fingerprint density at radius 3 is 2.71 bits per heavy atom. The topological polar surface area (TPSA) is 36.7 Å². The highest BCUT2D eigenvalue weighted by atomic mass is 14.7. The molecule has 0 aliphatic heterocycles. The van der Waals surface area contributed by atoms with Crippen LogP contribution in [0.25, 0.3) is 11.3 Å². The fraction of sp³-hybridized carbons (Fsp3) is 0.200. The lowest BCUT2D eigenvalue weighted by Crippen LogP contribution is -1.86. The Morgan fingerprint density at radius 2 is 2.06 bits per heavy atom. The molecular formula is C15H12N2. The van der Waals surface area contributed by atoms with Crippen molar-refractivity contribution in [2.24, 2.45) is 0 Å². The molecule has 2 aromatic rings. The molecule has 1 saturated carbocycles. The summed E-state index contributed by atoms with van der Waals surface area (Å²) in [6.45, 7) is 0. The molecule has 2 heteroatoms. The van der Waals surface area contributed by atoms with Crippen LogP contribution >= 0.6 is 0 Å². The van der Waals surface area contributed by atoms with Gasteiger partial charge in [-0.15, -0.1) is 0 Å². The Bertz CT molecular complexity index is 575. The Labute approximate surface area is 101 Å². The second-order valence-corrected chi connectivity index (χ2v) is 4.44. The Balaban J connectivity index is 1.96. The molecule has 1 aliphatic carbocycles. The summed E-state index contributed by atoms with van der Waals surface area (Å²) >= 11 is 0. The molecule has 0 atom stereocenters. The molecule has 3 rings (SSSR count). The summed E-state index contributed by atoms with van der Waals surface area (Å²) in [6, 6.07) is 14.4. The molecule has 1 aliphatic rings. The third-order valence-electron chi connectivity index (χ3n) is 3.12. The predicted molar refractivity (Wildman–Crippen MR) is 66.4 cm³/mol. The number of nitrogens with zero attached hydrogens (tertiary/aromatic N) is 2. The van der Waals surface area contributed by atoms with Crippen molar-refractivity contribution >= 4 is 0 Å². The minimum atomic E-state index is 0.604. The van der Waals surface area contributed by atoms with Gasteiger partial charge in [0.25, 0.3) is 0 Å². The molecule has 0 amide bonds. The Morgan fingerprint density at radius 1 is 1.18 bits per heavy atom. The third-order valence-corrected chi connectivity index (χ3v) is 3.12. The summed E-state index contributed by atoms with van der Waals surface area (Å²) in [5.74, 6) is 0.758. The molecule has 1 fully saturated rings. The normalized spacial score (nSPS) is 14.3. The summed E-state index contributed by atoms with van der Waals surface area (Å²) in [5, 5.41) is 8.73. The smallest absolute Gasteiger partial charge is 0.101 e. The summed E-state index contributed by atoms with van der Waals surface area (Å²) in [4.78, 5) is 4.32. The van der Waals surface area contributed by atoms with Gasteiger partial charge in [-0.2, -0.15) is 5.26 Å². The molecule has 17 heavy (non-hydrogen) atoms. The Hall–Kier alpha value is -2.14. The lowest BCUT2D eigenvalue weighted by molar-refractivity contribution is 1.13. The first-order valence-corrected chi connectivity index (χ1v) is 5.83. The van der Waals surface area contributed by atoms with E-state index in [4.69, 9.17) is 5.26 Å². The molecule has 0 unspecified atom stereocenters. The highest BCUT2D eigenvalue weighted by molar-refractivity contribution is 5.61. The maximum Gasteiger partial charge on any atom is 0.101 e. The first kappa shape index (κ1) is 10.0. The minimum Gasteiger partial charge on any atom is -0.255 e. The summed E-state index contributed by atoms with van der Waals surface area (Å²) < 4.78 is 0. The van der Waals surface area contributed by atoms with Gasteiger partial charge in [0.1, 0.15) is 6.07 Å². The molecule has 0 N–H and O–H groups in total. The number of hydrogen-bond acceptors (Lipinski definition) is 2. The average Bonchev–Trinajstić information content (AvgIpc) is 3.23.